The molecule has 1 aromatic heterocycles. The van der Waals surface area contributed by atoms with E-state index in [0.29, 0.717) is 12.4 Å². The average molecular weight is 315 g/mol. The molecule has 0 aliphatic carbocycles. The first-order chi connectivity index (χ1) is 9.28. The molecule has 0 saturated carbocycles. The lowest BCUT2D eigenvalue weighted by Crippen LogP contribution is -2.04. The third-order valence-electron chi connectivity index (χ3n) is 3.02. The highest BCUT2D eigenvalue weighted by Gasteiger charge is 2.09. The number of carbonyl (C=O) groups excluding carboxylic acids is 1. The first kappa shape index (κ1) is 12.1. The van der Waals surface area contributed by atoms with Gasteiger partial charge in [-0.15, -0.1) is 0 Å². The molecule has 4 heteroatoms. The molecule has 0 saturated heterocycles. The highest BCUT2D eigenvalue weighted by Crippen LogP contribution is 2.18. The Kier molecular flexibility index (Phi) is 3.17. The van der Waals surface area contributed by atoms with E-state index in [0.717, 1.165) is 27.4 Å². The van der Waals surface area contributed by atoms with Crippen LogP contribution in [0.5, 0.6) is 0 Å². The van der Waals surface area contributed by atoms with Crippen LogP contribution in [0.15, 0.2) is 53.0 Å². The number of rotatable bonds is 3. The van der Waals surface area contributed by atoms with Crippen molar-refractivity contribution in [2.45, 2.75) is 6.54 Å². The van der Waals surface area contributed by atoms with Gasteiger partial charge in [-0.3, -0.25) is 4.79 Å². The quantitative estimate of drug-likeness (QED) is 0.691. The van der Waals surface area contributed by atoms with Crippen molar-refractivity contribution in [1.82, 2.24) is 9.55 Å². The molecule has 3 aromatic rings. The summed E-state index contributed by atoms with van der Waals surface area (Å²) in [6.45, 7) is 0.633. The molecule has 0 amide bonds. The van der Waals surface area contributed by atoms with Crippen LogP contribution in [0.3, 0.4) is 0 Å². The van der Waals surface area contributed by atoms with Crippen LogP contribution in [0.1, 0.15) is 16.2 Å². The van der Waals surface area contributed by atoms with Gasteiger partial charge in [-0.05, 0) is 29.8 Å². The fraction of sp³-hybridized carbons (Fsp3) is 0.0667. The van der Waals surface area contributed by atoms with Gasteiger partial charge < -0.3 is 4.57 Å². The van der Waals surface area contributed by atoms with Crippen LogP contribution in [-0.2, 0) is 6.54 Å². The second-order valence-electron chi connectivity index (χ2n) is 4.29. The van der Waals surface area contributed by atoms with Crippen molar-refractivity contribution in [3.63, 3.8) is 0 Å². The standard InChI is InChI=1S/C15H11BrN2O/c16-12-5-3-4-11(8-12)9-18-14-7-2-1-6-13(14)17-15(18)10-19/h1-8,10H,9H2. The van der Waals surface area contributed by atoms with Crippen LogP contribution < -0.4 is 0 Å². The molecule has 0 bridgehead atoms. The number of hydrogen-bond acceptors (Lipinski definition) is 2. The molecule has 0 spiro atoms. The zero-order chi connectivity index (χ0) is 13.2. The number of aldehydes is 1. The molecule has 0 aliphatic rings. The summed E-state index contributed by atoms with van der Waals surface area (Å²) in [6.07, 6.45) is 0.804. The van der Waals surface area contributed by atoms with E-state index < -0.39 is 0 Å². The van der Waals surface area contributed by atoms with Gasteiger partial charge in [-0.2, -0.15) is 0 Å². The van der Waals surface area contributed by atoms with E-state index >= 15 is 0 Å². The number of halogens is 1. The lowest BCUT2D eigenvalue weighted by atomic mass is 10.2. The van der Waals surface area contributed by atoms with Crippen molar-refractivity contribution >= 4 is 33.2 Å². The molecule has 1 heterocycles. The molecule has 94 valence electrons. The molecule has 2 aromatic carbocycles. The minimum atomic E-state index is 0.459. The van der Waals surface area contributed by atoms with E-state index in [1.165, 1.54) is 0 Å². The number of hydrogen-bond donors (Lipinski definition) is 0. The van der Waals surface area contributed by atoms with E-state index in [1.54, 1.807) is 0 Å². The average Bonchev–Trinajstić information content (AvgIpc) is 2.77. The predicted octanol–water partition coefficient (Wildman–Crippen LogP) is 3.66. The number of nitrogens with zero attached hydrogens (tertiary/aromatic N) is 2. The van der Waals surface area contributed by atoms with Gasteiger partial charge in [0.25, 0.3) is 0 Å². The lowest BCUT2D eigenvalue weighted by molar-refractivity contribution is 0.111. The van der Waals surface area contributed by atoms with Crippen LogP contribution in [0.4, 0.5) is 0 Å². The summed E-state index contributed by atoms with van der Waals surface area (Å²) in [4.78, 5) is 15.5. The normalized spacial score (nSPS) is 10.8. The Bertz CT molecular complexity index is 749. The van der Waals surface area contributed by atoms with Gasteiger partial charge in [0, 0.05) is 11.0 Å². The smallest absolute Gasteiger partial charge is 0.185 e. The van der Waals surface area contributed by atoms with Gasteiger partial charge >= 0.3 is 0 Å². The number of carbonyl (C=O) groups is 1. The van der Waals surface area contributed by atoms with E-state index in [2.05, 4.69) is 20.9 Å². The molecule has 3 rings (SSSR count). The summed E-state index contributed by atoms with van der Waals surface area (Å²) >= 11 is 3.46. The minimum Gasteiger partial charge on any atom is -0.317 e. The molecule has 0 fully saturated rings. The second-order valence-corrected chi connectivity index (χ2v) is 5.21. The Balaban J connectivity index is 2.11. The molecule has 0 atom stereocenters. The molecular formula is C15H11BrN2O. The first-order valence-electron chi connectivity index (χ1n) is 5.93. The fourth-order valence-electron chi connectivity index (χ4n) is 2.17. The monoisotopic (exact) mass is 314 g/mol. The van der Waals surface area contributed by atoms with Gasteiger partial charge in [-0.1, -0.05) is 40.2 Å². The second kappa shape index (κ2) is 4.97. The summed E-state index contributed by atoms with van der Waals surface area (Å²) in [5.41, 5.74) is 2.95. The molecule has 0 N–H and O–H groups in total. The zero-order valence-electron chi connectivity index (χ0n) is 10.1. The number of imidazole rings is 1. The van der Waals surface area contributed by atoms with Crippen molar-refractivity contribution in [1.29, 1.82) is 0 Å². The lowest BCUT2D eigenvalue weighted by Gasteiger charge is -2.06. The zero-order valence-corrected chi connectivity index (χ0v) is 11.7. The highest BCUT2D eigenvalue weighted by molar-refractivity contribution is 9.10. The van der Waals surface area contributed by atoms with E-state index in [1.807, 2.05) is 53.1 Å². The molecule has 19 heavy (non-hydrogen) atoms. The van der Waals surface area contributed by atoms with E-state index in [9.17, 15) is 4.79 Å². The topological polar surface area (TPSA) is 34.9 Å². The van der Waals surface area contributed by atoms with Gasteiger partial charge in [0.05, 0.1) is 11.0 Å². The van der Waals surface area contributed by atoms with E-state index in [4.69, 9.17) is 0 Å². The maximum absolute atomic E-state index is 11.2. The molecule has 0 radical (unpaired) electrons. The van der Waals surface area contributed by atoms with Crippen molar-refractivity contribution in [2.75, 3.05) is 0 Å². The molecule has 0 unspecified atom stereocenters. The SMILES string of the molecule is O=Cc1nc2ccccc2n1Cc1cccc(Br)c1. The van der Waals surface area contributed by atoms with Crippen LogP contribution in [-0.4, -0.2) is 15.8 Å². The van der Waals surface area contributed by atoms with Gasteiger partial charge in [0.1, 0.15) is 0 Å². The van der Waals surface area contributed by atoms with Crippen molar-refractivity contribution in [3.05, 3.63) is 64.4 Å². The first-order valence-corrected chi connectivity index (χ1v) is 6.72. The maximum atomic E-state index is 11.2. The largest absolute Gasteiger partial charge is 0.317 e. The number of para-hydroxylation sites is 2. The van der Waals surface area contributed by atoms with Crippen LogP contribution in [0.25, 0.3) is 11.0 Å². The van der Waals surface area contributed by atoms with Crippen molar-refractivity contribution in [2.24, 2.45) is 0 Å². The summed E-state index contributed by atoms with van der Waals surface area (Å²) in [5, 5.41) is 0. The van der Waals surface area contributed by atoms with Crippen molar-refractivity contribution < 1.29 is 4.79 Å². The van der Waals surface area contributed by atoms with Crippen molar-refractivity contribution in [3.8, 4) is 0 Å². The van der Waals surface area contributed by atoms with Gasteiger partial charge in [0.2, 0.25) is 0 Å². The molecule has 3 nitrogen and oxygen atoms in total. The number of fused-ring (bicyclic) bond motifs is 1. The number of aromatic nitrogens is 2. The van der Waals surface area contributed by atoms with Gasteiger partial charge in [-0.25, -0.2) is 4.98 Å². The third-order valence-corrected chi connectivity index (χ3v) is 3.51. The summed E-state index contributed by atoms with van der Waals surface area (Å²) in [5.74, 6) is 0.459. The van der Waals surface area contributed by atoms with Crippen LogP contribution in [0, 0.1) is 0 Å². The summed E-state index contributed by atoms with van der Waals surface area (Å²) in [7, 11) is 0. The Hall–Kier alpha value is -1.94. The summed E-state index contributed by atoms with van der Waals surface area (Å²) < 4.78 is 2.96. The maximum Gasteiger partial charge on any atom is 0.185 e. The highest BCUT2D eigenvalue weighted by atomic mass is 79.9. The summed E-state index contributed by atoms with van der Waals surface area (Å²) in [6, 6.07) is 15.8. The fourth-order valence-corrected chi connectivity index (χ4v) is 2.61. The Morgan fingerprint density at radius 3 is 2.79 bits per heavy atom. The Labute approximate surface area is 119 Å². The number of benzene rings is 2. The third kappa shape index (κ3) is 2.31. The Morgan fingerprint density at radius 1 is 1.16 bits per heavy atom. The minimum absolute atomic E-state index is 0.459. The molecule has 0 aliphatic heterocycles. The Morgan fingerprint density at radius 2 is 2.00 bits per heavy atom. The van der Waals surface area contributed by atoms with Gasteiger partial charge in [0.15, 0.2) is 12.1 Å². The molecular weight excluding hydrogens is 304 g/mol. The van der Waals surface area contributed by atoms with Crippen LogP contribution in [0.2, 0.25) is 0 Å². The van der Waals surface area contributed by atoms with E-state index in [-0.39, 0.29) is 0 Å². The van der Waals surface area contributed by atoms with Crippen LogP contribution >= 0.6 is 15.9 Å². The predicted molar refractivity (Wildman–Crippen MR) is 78.4 cm³/mol.